The van der Waals surface area contributed by atoms with E-state index in [4.69, 9.17) is 0 Å². The third-order valence-electron chi connectivity index (χ3n) is 5.38. The Balaban J connectivity index is 1.56. The van der Waals surface area contributed by atoms with Gasteiger partial charge >= 0.3 is 0 Å². The highest BCUT2D eigenvalue weighted by Gasteiger charge is 2.46. The summed E-state index contributed by atoms with van der Waals surface area (Å²) in [7, 11) is 0. The second kappa shape index (κ2) is 6.28. The molecule has 2 N–H and O–H groups in total. The van der Waals surface area contributed by atoms with Crippen molar-refractivity contribution in [1.29, 1.82) is 0 Å². The molecule has 0 bridgehead atoms. The van der Waals surface area contributed by atoms with Gasteiger partial charge in [-0.3, -0.25) is 0 Å². The summed E-state index contributed by atoms with van der Waals surface area (Å²) in [4.78, 5) is 0. The van der Waals surface area contributed by atoms with Gasteiger partial charge in [0.15, 0.2) is 0 Å². The highest BCUT2D eigenvalue weighted by molar-refractivity contribution is 5.15. The lowest BCUT2D eigenvalue weighted by Crippen LogP contribution is -2.59. The van der Waals surface area contributed by atoms with Gasteiger partial charge in [-0.05, 0) is 50.1 Å². The van der Waals surface area contributed by atoms with E-state index in [2.05, 4.69) is 35.6 Å². The molecule has 0 aliphatic heterocycles. The average Bonchev–Trinajstić information content (AvgIpc) is 2.49. The zero-order valence-electron chi connectivity index (χ0n) is 12.4. The van der Waals surface area contributed by atoms with E-state index >= 15 is 0 Å². The minimum atomic E-state index is -0.423. The number of fused-ring (bicyclic) bond motifs is 1. The molecule has 2 aliphatic carbocycles. The van der Waals surface area contributed by atoms with Crippen LogP contribution in [0.4, 0.5) is 0 Å². The van der Waals surface area contributed by atoms with Crippen LogP contribution in [0.2, 0.25) is 0 Å². The molecule has 20 heavy (non-hydrogen) atoms. The molecule has 0 saturated heterocycles. The van der Waals surface area contributed by atoms with Crippen LogP contribution in [-0.4, -0.2) is 23.3 Å². The predicted octanol–water partition coefficient (Wildman–Crippen LogP) is 3.29. The van der Waals surface area contributed by atoms with Crippen molar-refractivity contribution in [3.63, 3.8) is 0 Å². The Hall–Kier alpha value is -0.860. The summed E-state index contributed by atoms with van der Waals surface area (Å²) in [6, 6.07) is 10.9. The SMILES string of the molecule is O[C@@]12CCCC[C@@H]1CCC[C@H]2NCCc1ccccc1. The molecule has 3 atom stereocenters. The van der Waals surface area contributed by atoms with Crippen LogP contribution >= 0.6 is 0 Å². The van der Waals surface area contributed by atoms with Crippen LogP contribution in [0.25, 0.3) is 0 Å². The predicted molar refractivity (Wildman–Crippen MR) is 82.7 cm³/mol. The van der Waals surface area contributed by atoms with Gasteiger partial charge in [0.1, 0.15) is 0 Å². The van der Waals surface area contributed by atoms with E-state index in [-0.39, 0.29) is 0 Å². The Labute approximate surface area is 122 Å². The summed E-state index contributed by atoms with van der Waals surface area (Å²) in [6.45, 7) is 0.976. The summed E-state index contributed by atoms with van der Waals surface area (Å²) >= 11 is 0. The summed E-state index contributed by atoms with van der Waals surface area (Å²) in [6.07, 6.45) is 9.44. The first-order valence-corrected chi connectivity index (χ1v) is 8.29. The molecule has 2 nitrogen and oxygen atoms in total. The minimum absolute atomic E-state index is 0.310. The van der Waals surface area contributed by atoms with Gasteiger partial charge in [0.05, 0.1) is 5.60 Å². The van der Waals surface area contributed by atoms with E-state index in [0.717, 1.165) is 25.8 Å². The van der Waals surface area contributed by atoms with E-state index in [9.17, 15) is 5.11 Å². The van der Waals surface area contributed by atoms with E-state index in [1.54, 1.807) is 0 Å². The number of hydrogen-bond acceptors (Lipinski definition) is 2. The van der Waals surface area contributed by atoms with Gasteiger partial charge in [-0.25, -0.2) is 0 Å². The van der Waals surface area contributed by atoms with E-state index in [1.807, 2.05) is 0 Å². The van der Waals surface area contributed by atoms with Crippen LogP contribution in [0, 0.1) is 5.92 Å². The molecule has 0 unspecified atom stereocenters. The lowest BCUT2D eigenvalue weighted by molar-refractivity contribution is -0.0983. The minimum Gasteiger partial charge on any atom is -0.388 e. The number of hydrogen-bond donors (Lipinski definition) is 2. The Morgan fingerprint density at radius 1 is 1.05 bits per heavy atom. The van der Waals surface area contributed by atoms with Crippen molar-refractivity contribution in [2.45, 2.75) is 63.0 Å². The molecule has 0 amide bonds. The van der Waals surface area contributed by atoms with Gasteiger partial charge in [0.25, 0.3) is 0 Å². The zero-order chi connectivity index (χ0) is 13.8. The molecular weight excluding hydrogens is 246 g/mol. The molecule has 1 aromatic rings. The Kier molecular flexibility index (Phi) is 4.42. The van der Waals surface area contributed by atoms with Gasteiger partial charge in [-0.15, -0.1) is 0 Å². The van der Waals surface area contributed by atoms with E-state index in [1.165, 1.54) is 37.7 Å². The smallest absolute Gasteiger partial charge is 0.0827 e. The average molecular weight is 273 g/mol. The summed E-state index contributed by atoms with van der Waals surface area (Å²) in [5.74, 6) is 0.541. The van der Waals surface area contributed by atoms with Crippen molar-refractivity contribution in [3.8, 4) is 0 Å². The maximum absolute atomic E-state index is 11.1. The van der Waals surface area contributed by atoms with E-state index < -0.39 is 5.60 Å². The third-order valence-corrected chi connectivity index (χ3v) is 5.38. The summed E-state index contributed by atoms with van der Waals surface area (Å²) < 4.78 is 0. The normalized spacial score (nSPS) is 33.6. The second-order valence-corrected chi connectivity index (χ2v) is 6.61. The first kappa shape index (κ1) is 14.1. The van der Waals surface area contributed by atoms with Gasteiger partial charge < -0.3 is 10.4 Å². The van der Waals surface area contributed by atoms with E-state index in [0.29, 0.717) is 12.0 Å². The van der Waals surface area contributed by atoms with Gasteiger partial charge in [-0.1, -0.05) is 49.6 Å². The molecule has 110 valence electrons. The molecule has 0 radical (unpaired) electrons. The quantitative estimate of drug-likeness (QED) is 0.882. The molecule has 0 aromatic heterocycles. The van der Waals surface area contributed by atoms with Crippen molar-refractivity contribution in [1.82, 2.24) is 5.32 Å². The lowest BCUT2D eigenvalue weighted by atomic mass is 9.65. The molecule has 2 heteroatoms. The van der Waals surface area contributed by atoms with Gasteiger partial charge in [-0.2, -0.15) is 0 Å². The first-order valence-electron chi connectivity index (χ1n) is 8.29. The third kappa shape index (κ3) is 2.91. The highest BCUT2D eigenvalue weighted by atomic mass is 16.3. The molecular formula is C18H27NO. The maximum atomic E-state index is 11.1. The molecule has 2 aliphatic rings. The van der Waals surface area contributed by atoms with Crippen molar-refractivity contribution in [2.24, 2.45) is 5.92 Å². The topological polar surface area (TPSA) is 32.3 Å². The van der Waals surface area contributed by atoms with Crippen molar-refractivity contribution in [2.75, 3.05) is 6.54 Å². The fraction of sp³-hybridized carbons (Fsp3) is 0.667. The molecule has 0 spiro atoms. The van der Waals surface area contributed by atoms with Crippen molar-refractivity contribution < 1.29 is 5.11 Å². The van der Waals surface area contributed by atoms with Gasteiger partial charge in [0.2, 0.25) is 0 Å². The van der Waals surface area contributed by atoms with Crippen molar-refractivity contribution >= 4 is 0 Å². The largest absolute Gasteiger partial charge is 0.388 e. The molecule has 3 rings (SSSR count). The van der Waals surface area contributed by atoms with Crippen LogP contribution in [0.15, 0.2) is 30.3 Å². The second-order valence-electron chi connectivity index (χ2n) is 6.61. The number of rotatable bonds is 4. The van der Waals surface area contributed by atoms with Gasteiger partial charge in [0, 0.05) is 6.04 Å². The van der Waals surface area contributed by atoms with Crippen molar-refractivity contribution in [3.05, 3.63) is 35.9 Å². The Bertz CT molecular complexity index is 417. The monoisotopic (exact) mass is 273 g/mol. The zero-order valence-corrected chi connectivity index (χ0v) is 12.4. The summed E-state index contributed by atoms with van der Waals surface area (Å²) in [5.41, 5.74) is 0.954. The van der Waals surface area contributed by atoms with Crippen LogP contribution < -0.4 is 5.32 Å². The maximum Gasteiger partial charge on any atom is 0.0827 e. The number of benzene rings is 1. The highest BCUT2D eigenvalue weighted by Crippen LogP contribution is 2.43. The number of aliphatic hydroxyl groups is 1. The number of nitrogens with one attached hydrogen (secondary N) is 1. The fourth-order valence-corrected chi connectivity index (χ4v) is 4.24. The fourth-order valence-electron chi connectivity index (χ4n) is 4.24. The van der Waals surface area contributed by atoms with Crippen LogP contribution in [0.5, 0.6) is 0 Å². The molecule has 0 heterocycles. The van der Waals surface area contributed by atoms with Crippen LogP contribution in [0.3, 0.4) is 0 Å². The first-order chi connectivity index (χ1) is 9.79. The van der Waals surface area contributed by atoms with Crippen LogP contribution in [-0.2, 0) is 6.42 Å². The molecule has 2 fully saturated rings. The van der Waals surface area contributed by atoms with Crippen LogP contribution in [0.1, 0.15) is 50.5 Å². The Morgan fingerprint density at radius 3 is 2.70 bits per heavy atom. The summed E-state index contributed by atoms with van der Waals surface area (Å²) in [5, 5.41) is 14.7. The molecule has 1 aromatic carbocycles. The lowest BCUT2D eigenvalue weighted by Gasteiger charge is -2.49. The standard InChI is InChI=1S/C18H27NO/c20-18-13-5-4-9-16(18)10-6-11-17(18)19-14-12-15-7-2-1-3-8-15/h1-3,7-8,16-17,19-20H,4-6,9-14H2/t16-,17-,18+/m1/s1. The molecule has 2 saturated carbocycles. The Morgan fingerprint density at radius 2 is 1.85 bits per heavy atom.